The second kappa shape index (κ2) is 6.57. The minimum atomic E-state index is -3.67. The normalized spacial score (nSPS) is 11.1. The van der Waals surface area contributed by atoms with E-state index in [2.05, 4.69) is 9.72 Å². The topological polar surface area (TPSA) is 99.4 Å². The molecule has 0 amide bonds. The van der Waals surface area contributed by atoms with Crippen LogP contribution in [-0.4, -0.2) is 26.5 Å². The van der Waals surface area contributed by atoms with Gasteiger partial charge in [-0.2, -0.15) is 0 Å². The summed E-state index contributed by atoms with van der Waals surface area (Å²) in [6.07, 6.45) is 2.05. The smallest absolute Gasteiger partial charge is 0.305 e. The third-order valence-electron chi connectivity index (χ3n) is 3.11. The first-order valence-electron chi connectivity index (χ1n) is 6.56. The zero-order valence-electron chi connectivity index (χ0n) is 12.0. The lowest BCUT2D eigenvalue weighted by atomic mass is 10.1. The van der Waals surface area contributed by atoms with Crippen LogP contribution in [0, 0.1) is 0 Å². The SMILES string of the molecule is COC(=O)CCc1ccc(S(=O)(=O)c2ccc(N)cn2)cc1. The summed E-state index contributed by atoms with van der Waals surface area (Å²) in [6.45, 7) is 0. The lowest BCUT2D eigenvalue weighted by molar-refractivity contribution is -0.140. The highest BCUT2D eigenvalue weighted by Gasteiger charge is 2.18. The Bertz CT molecular complexity index is 753. The van der Waals surface area contributed by atoms with Crippen molar-refractivity contribution in [1.29, 1.82) is 0 Å². The number of ether oxygens (including phenoxy) is 1. The Kier molecular flexibility index (Phi) is 4.77. The predicted octanol–water partition coefficient (Wildman–Crippen LogP) is 1.60. The molecule has 116 valence electrons. The molecule has 0 fully saturated rings. The number of benzene rings is 1. The number of anilines is 1. The Morgan fingerprint density at radius 3 is 2.41 bits per heavy atom. The summed E-state index contributed by atoms with van der Waals surface area (Å²) in [6, 6.07) is 9.21. The lowest BCUT2D eigenvalue weighted by Crippen LogP contribution is -2.05. The number of hydrogen-bond donors (Lipinski definition) is 1. The zero-order valence-corrected chi connectivity index (χ0v) is 12.8. The largest absolute Gasteiger partial charge is 0.469 e. The molecular weight excluding hydrogens is 304 g/mol. The van der Waals surface area contributed by atoms with Crippen LogP contribution in [0.25, 0.3) is 0 Å². The fourth-order valence-corrected chi connectivity index (χ4v) is 3.03. The highest BCUT2D eigenvalue weighted by molar-refractivity contribution is 7.91. The van der Waals surface area contributed by atoms with Gasteiger partial charge in [0.15, 0.2) is 5.03 Å². The Morgan fingerprint density at radius 2 is 1.86 bits per heavy atom. The van der Waals surface area contributed by atoms with Gasteiger partial charge < -0.3 is 10.5 Å². The van der Waals surface area contributed by atoms with Gasteiger partial charge in [-0.25, -0.2) is 13.4 Å². The molecular formula is C15H16N2O4S. The monoisotopic (exact) mass is 320 g/mol. The van der Waals surface area contributed by atoms with Crippen LogP contribution in [0.2, 0.25) is 0 Å². The maximum absolute atomic E-state index is 12.4. The number of carbonyl (C=O) groups is 1. The number of carbonyl (C=O) groups excluding carboxylic acids is 1. The molecule has 0 aliphatic carbocycles. The average Bonchev–Trinajstić information content (AvgIpc) is 2.53. The van der Waals surface area contributed by atoms with Crippen LogP contribution < -0.4 is 5.73 Å². The molecule has 1 aromatic carbocycles. The third kappa shape index (κ3) is 3.62. The van der Waals surface area contributed by atoms with Crippen LogP contribution in [0.1, 0.15) is 12.0 Å². The number of nitrogens with zero attached hydrogens (tertiary/aromatic N) is 1. The van der Waals surface area contributed by atoms with E-state index in [-0.39, 0.29) is 22.3 Å². The number of hydrogen-bond acceptors (Lipinski definition) is 6. The number of sulfone groups is 1. The van der Waals surface area contributed by atoms with Gasteiger partial charge >= 0.3 is 5.97 Å². The number of nitrogen functional groups attached to an aromatic ring is 1. The molecule has 2 N–H and O–H groups in total. The summed E-state index contributed by atoms with van der Waals surface area (Å²) < 4.78 is 29.3. The van der Waals surface area contributed by atoms with Crippen molar-refractivity contribution in [3.63, 3.8) is 0 Å². The minimum absolute atomic E-state index is 0.0518. The molecule has 0 saturated heterocycles. The van der Waals surface area contributed by atoms with Crippen LogP contribution in [0.4, 0.5) is 5.69 Å². The van der Waals surface area contributed by atoms with Gasteiger partial charge in [0.1, 0.15) is 0 Å². The first-order chi connectivity index (χ1) is 10.4. The molecule has 0 radical (unpaired) electrons. The number of aromatic nitrogens is 1. The summed E-state index contributed by atoms with van der Waals surface area (Å²) in [5.74, 6) is -0.303. The standard InChI is InChI=1S/C15H16N2O4S/c1-21-15(18)9-4-11-2-6-13(7-3-11)22(19,20)14-8-5-12(16)10-17-14/h2-3,5-8,10H,4,9,16H2,1H3. The molecule has 0 spiro atoms. The minimum Gasteiger partial charge on any atom is -0.469 e. The van der Waals surface area contributed by atoms with Crippen molar-refractivity contribution >= 4 is 21.5 Å². The predicted molar refractivity (Wildman–Crippen MR) is 80.9 cm³/mol. The second-order valence-corrected chi connectivity index (χ2v) is 6.55. The highest BCUT2D eigenvalue weighted by Crippen LogP contribution is 2.20. The van der Waals surface area contributed by atoms with E-state index in [0.717, 1.165) is 5.56 Å². The summed E-state index contributed by atoms with van der Waals surface area (Å²) >= 11 is 0. The van der Waals surface area contributed by atoms with Crippen molar-refractivity contribution in [2.45, 2.75) is 22.8 Å². The van der Waals surface area contributed by atoms with E-state index in [0.29, 0.717) is 12.1 Å². The lowest BCUT2D eigenvalue weighted by Gasteiger charge is -2.06. The van der Waals surface area contributed by atoms with Gasteiger partial charge in [0.25, 0.3) is 0 Å². The van der Waals surface area contributed by atoms with Crippen LogP contribution in [0.15, 0.2) is 52.5 Å². The molecule has 0 bridgehead atoms. The number of methoxy groups -OCH3 is 1. The van der Waals surface area contributed by atoms with Crippen molar-refractivity contribution in [1.82, 2.24) is 4.98 Å². The van der Waals surface area contributed by atoms with Gasteiger partial charge in [0.05, 0.1) is 23.9 Å². The van der Waals surface area contributed by atoms with Crippen LogP contribution >= 0.6 is 0 Å². The van der Waals surface area contributed by atoms with Gasteiger partial charge in [-0.15, -0.1) is 0 Å². The summed E-state index contributed by atoms with van der Waals surface area (Å²) in [7, 11) is -2.34. The number of nitrogens with two attached hydrogens (primary N) is 1. The Hall–Kier alpha value is -2.41. The van der Waals surface area contributed by atoms with E-state index in [4.69, 9.17) is 5.73 Å². The Morgan fingerprint density at radius 1 is 1.18 bits per heavy atom. The molecule has 0 aliphatic rings. The average molecular weight is 320 g/mol. The highest BCUT2D eigenvalue weighted by atomic mass is 32.2. The molecule has 2 rings (SSSR count). The summed E-state index contributed by atoms with van der Waals surface area (Å²) in [5, 5.41) is -0.0518. The van der Waals surface area contributed by atoms with Gasteiger partial charge in [-0.1, -0.05) is 12.1 Å². The number of aryl methyl sites for hydroxylation is 1. The van der Waals surface area contributed by atoms with Crippen molar-refractivity contribution < 1.29 is 17.9 Å². The van der Waals surface area contributed by atoms with Crippen molar-refractivity contribution in [2.24, 2.45) is 0 Å². The van der Waals surface area contributed by atoms with E-state index < -0.39 is 9.84 Å². The first kappa shape index (κ1) is 16.0. The molecule has 6 nitrogen and oxygen atoms in total. The molecule has 22 heavy (non-hydrogen) atoms. The van der Waals surface area contributed by atoms with Crippen LogP contribution in [-0.2, 0) is 25.8 Å². The fourth-order valence-electron chi connectivity index (χ4n) is 1.86. The molecule has 1 heterocycles. The van der Waals surface area contributed by atoms with Crippen molar-refractivity contribution in [3.05, 3.63) is 48.2 Å². The Labute approximate surface area is 128 Å². The van der Waals surface area contributed by atoms with Gasteiger partial charge in [0, 0.05) is 6.42 Å². The second-order valence-electron chi connectivity index (χ2n) is 4.65. The third-order valence-corrected chi connectivity index (χ3v) is 4.80. The number of rotatable bonds is 5. The van der Waals surface area contributed by atoms with Gasteiger partial charge in [-0.05, 0) is 36.2 Å². The van der Waals surface area contributed by atoms with Crippen molar-refractivity contribution in [2.75, 3.05) is 12.8 Å². The first-order valence-corrected chi connectivity index (χ1v) is 8.04. The quantitative estimate of drug-likeness (QED) is 0.840. The molecule has 1 aromatic heterocycles. The molecule has 0 saturated carbocycles. The number of esters is 1. The van der Waals surface area contributed by atoms with E-state index in [1.165, 1.54) is 37.6 Å². The molecule has 0 aliphatic heterocycles. The molecule has 7 heteroatoms. The van der Waals surface area contributed by atoms with E-state index in [9.17, 15) is 13.2 Å². The van der Waals surface area contributed by atoms with Gasteiger partial charge in [-0.3, -0.25) is 4.79 Å². The van der Waals surface area contributed by atoms with Crippen LogP contribution in [0.5, 0.6) is 0 Å². The molecule has 0 atom stereocenters. The maximum Gasteiger partial charge on any atom is 0.305 e. The fraction of sp³-hybridized carbons (Fsp3) is 0.200. The van der Waals surface area contributed by atoms with E-state index >= 15 is 0 Å². The molecule has 0 unspecified atom stereocenters. The van der Waals surface area contributed by atoms with E-state index in [1.54, 1.807) is 12.1 Å². The van der Waals surface area contributed by atoms with Crippen LogP contribution in [0.3, 0.4) is 0 Å². The summed E-state index contributed by atoms with van der Waals surface area (Å²) in [5.41, 5.74) is 6.76. The van der Waals surface area contributed by atoms with E-state index in [1.807, 2.05) is 0 Å². The zero-order chi connectivity index (χ0) is 16.2. The summed E-state index contributed by atoms with van der Waals surface area (Å²) in [4.78, 5) is 15.1. The maximum atomic E-state index is 12.4. The number of pyridine rings is 1. The van der Waals surface area contributed by atoms with Gasteiger partial charge in [0.2, 0.25) is 9.84 Å². The van der Waals surface area contributed by atoms with Crippen molar-refractivity contribution in [3.8, 4) is 0 Å². The molecule has 2 aromatic rings. The Balaban J connectivity index is 2.18.